The van der Waals surface area contributed by atoms with E-state index in [1.165, 1.54) is 18.3 Å². The summed E-state index contributed by atoms with van der Waals surface area (Å²) in [7, 11) is -3.32. The van der Waals surface area contributed by atoms with Gasteiger partial charge in [0, 0.05) is 40.9 Å². The molecular weight excluding hydrogens is 445 g/mol. The molecule has 3 rings (SSSR count). The number of aromatic nitrogens is 2. The van der Waals surface area contributed by atoms with E-state index in [2.05, 4.69) is 15.3 Å². The molecule has 7 nitrogen and oxygen atoms in total. The van der Waals surface area contributed by atoms with Gasteiger partial charge in [-0.25, -0.2) is 17.8 Å². The van der Waals surface area contributed by atoms with Crippen LogP contribution in [0.15, 0.2) is 35.9 Å². The summed E-state index contributed by atoms with van der Waals surface area (Å²) < 4.78 is 42.0. The number of sulfone groups is 1. The number of nitrogens with one attached hydrogen (secondary N) is 1. The fourth-order valence-corrected chi connectivity index (χ4v) is 4.02. The number of carbonyl (C=O) groups is 1. The molecule has 1 heterocycles. The molecule has 0 spiro atoms. The summed E-state index contributed by atoms with van der Waals surface area (Å²) in [5.74, 6) is -0.321. The summed E-state index contributed by atoms with van der Waals surface area (Å²) in [6.07, 6.45) is 7.84. The minimum atomic E-state index is -3.32. The van der Waals surface area contributed by atoms with Gasteiger partial charge in [-0.3, -0.25) is 4.79 Å². The van der Waals surface area contributed by atoms with Crippen LogP contribution in [0, 0.1) is 5.82 Å². The van der Waals surface area contributed by atoms with Crippen molar-refractivity contribution in [3.63, 3.8) is 0 Å². The number of rotatable bonds is 7. The molecule has 1 N–H and O–H groups in total. The maximum atomic E-state index is 13.7. The molecule has 1 saturated carbocycles. The largest absolute Gasteiger partial charge is 0.438 e. The lowest BCUT2D eigenvalue weighted by molar-refractivity contribution is 0.0943. The number of amides is 1. The number of nitrogens with zero attached hydrogens (tertiary/aromatic N) is 2. The van der Waals surface area contributed by atoms with Gasteiger partial charge in [-0.1, -0.05) is 30.5 Å². The Balaban J connectivity index is 1.90. The zero-order valence-corrected chi connectivity index (χ0v) is 18.7. The zero-order chi connectivity index (χ0) is 22.6. The third kappa shape index (κ3) is 6.73. The molecule has 1 aliphatic carbocycles. The smallest absolute Gasteiger partial charge is 0.258 e. The summed E-state index contributed by atoms with van der Waals surface area (Å²) in [6.45, 7) is 1.63. The first kappa shape index (κ1) is 23.1. The van der Waals surface area contributed by atoms with Gasteiger partial charge < -0.3 is 10.1 Å². The van der Waals surface area contributed by atoms with E-state index in [1.54, 1.807) is 6.92 Å². The van der Waals surface area contributed by atoms with Gasteiger partial charge in [0.2, 0.25) is 5.88 Å². The molecule has 0 aliphatic heterocycles. The molecule has 0 radical (unpaired) electrons. The zero-order valence-electron chi connectivity index (χ0n) is 17.1. The summed E-state index contributed by atoms with van der Waals surface area (Å²) in [5.41, 5.74) is 0.0433. The standard InChI is InChI=1S/C21H23ClFN3O4S/c1-13(7-8-31(2,28)29)25-20(27)18-12-24-19(14-5-3-4-6-14)26-21(18)30-17-10-15(22)9-16(23)11-17/h7-14H,3-6H2,1-2H3,(H,25,27)/b8-7+/t13-/m0/s1. The van der Waals surface area contributed by atoms with Gasteiger partial charge in [-0.15, -0.1) is 0 Å². The van der Waals surface area contributed by atoms with Crippen molar-refractivity contribution in [2.45, 2.75) is 44.6 Å². The number of ether oxygens (including phenoxy) is 1. The van der Waals surface area contributed by atoms with Crippen LogP contribution >= 0.6 is 11.6 Å². The normalized spacial score (nSPS) is 15.9. The number of halogens is 2. The van der Waals surface area contributed by atoms with Gasteiger partial charge in [0.1, 0.15) is 23.0 Å². The van der Waals surface area contributed by atoms with Crippen LogP contribution in [0.2, 0.25) is 5.02 Å². The molecule has 1 fully saturated rings. The molecule has 1 aromatic carbocycles. The number of hydrogen-bond donors (Lipinski definition) is 1. The van der Waals surface area contributed by atoms with Gasteiger partial charge in [0.15, 0.2) is 9.84 Å². The van der Waals surface area contributed by atoms with Gasteiger partial charge in [0.05, 0.1) is 0 Å². The fraction of sp³-hybridized carbons (Fsp3) is 0.381. The van der Waals surface area contributed by atoms with E-state index in [0.717, 1.165) is 49.5 Å². The maximum Gasteiger partial charge on any atom is 0.258 e. The summed E-state index contributed by atoms with van der Waals surface area (Å²) in [6, 6.07) is 3.12. The van der Waals surface area contributed by atoms with Crippen LogP contribution in [-0.2, 0) is 9.84 Å². The van der Waals surface area contributed by atoms with E-state index in [4.69, 9.17) is 16.3 Å². The van der Waals surface area contributed by atoms with Crippen LogP contribution in [0.3, 0.4) is 0 Å². The van der Waals surface area contributed by atoms with Crippen molar-refractivity contribution in [2.24, 2.45) is 0 Å². The lowest BCUT2D eigenvalue weighted by Gasteiger charge is -2.15. The van der Waals surface area contributed by atoms with Crippen LogP contribution in [0.1, 0.15) is 54.7 Å². The van der Waals surface area contributed by atoms with Crippen molar-refractivity contribution in [2.75, 3.05) is 6.26 Å². The van der Waals surface area contributed by atoms with Crippen molar-refractivity contribution >= 4 is 27.3 Å². The Bertz CT molecular complexity index is 1080. The Kier molecular flexibility index (Phi) is 7.27. The Morgan fingerprint density at radius 3 is 2.68 bits per heavy atom. The van der Waals surface area contributed by atoms with Crippen LogP contribution in [0.25, 0.3) is 0 Å². The molecule has 10 heteroatoms. The van der Waals surface area contributed by atoms with E-state index >= 15 is 0 Å². The first-order chi connectivity index (χ1) is 14.6. The van der Waals surface area contributed by atoms with Gasteiger partial charge in [0.25, 0.3) is 5.91 Å². The van der Waals surface area contributed by atoms with E-state index in [0.29, 0.717) is 5.82 Å². The monoisotopic (exact) mass is 467 g/mol. The van der Waals surface area contributed by atoms with E-state index < -0.39 is 27.6 Å². The van der Waals surface area contributed by atoms with Gasteiger partial charge in [-0.05, 0) is 31.9 Å². The molecule has 1 aromatic heterocycles. The molecule has 0 bridgehead atoms. The summed E-state index contributed by atoms with van der Waals surface area (Å²) in [4.78, 5) is 21.6. The van der Waals surface area contributed by atoms with E-state index in [-0.39, 0.29) is 28.1 Å². The molecule has 1 aliphatic rings. The Hall–Kier alpha value is -2.52. The third-order valence-corrected chi connectivity index (χ3v) is 5.63. The number of carbonyl (C=O) groups excluding carboxylic acids is 1. The maximum absolute atomic E-state index is 13.7. The first-order valence-corrected chi connectivity index (χ1v) is 12.1. The topological polar surface area (TPSA) is 98.2 Å². The second-order valence-electron chi connectivity index (χ2n) is 7.56. The highest BCUT2D eigenvalue weighted by molar-refractivity contribution is 7.93. The van der Waals surface area contributed by atoms with Crippen LogP contribution in [0.4, 0.5) is 4.39 Å². The molecule has 0 saturated heterocycles. The molecule has 2 aromatic rings. The molecule has 31 heavy (non-hydrogen) atoms. The average molecular weight is 468 g/mol. The summed E-state index contributed by atoms with van der Waals surface area (Å²) in [5, 5.41) is 3.82. The van der Waals surface area contributed by atoms with Crippen molar-refractivity contribution < 1.29 is 22.3 Å². The Morgan fingerprint density at radius 2 is 2.03 bits per heavy atom. The molecule has 1 atom stereocenters. The predicted molar refractivity (Wildman–Crippen MR) is 116 cm³/mol. The highest BCUT2D eigenvalue weighted by atomic mass is 35.5. The minimum absolute atomic E-state index is 0.0182. The first-order valence-electron chi connectivity index (χ1n) is 9.81. The second kappa shape index (κ2) is 9.74. The number of hydrogen-bond acceptors (Lipinski definition) is 6. The van der Waals surface area contributed by atoms with Crippen molar-refractivity contribution in [1.29, 1.82) is 0 Å². The molecule has 166 valence electrons. The molecule has 1 amide bonds. The second-order valence-corrected chi connectivity index (χ2v) is 9.92. The average Bonchev–Trinajstić information content (AvgIpc) is 3.19. The van der Waals surface area contributed by atoms with Crippen molar-refractivity contribution in [3.05, 3.63) is 58.1 Å². The summed E-state index contributed by atoms with van der Waals surface area (Å²) >= 11 is 5.91. The lowest BCUT2D eigenvalue weighted by atomic mass is 10.1. The van der Waals surface area contributed by atoms with E-state index in [1.807, 2.05) is 0 Å². The minimum Gasteiger partial charge on any atom is -0.438 e. The quantitative estimate of drug-likeness (QED) is 0.648. The van der Waals surface area contributed by atoms with Crippen molar-refractivity contribution in [3.8, 4) is 11.6 Å². The SMILES string of the molecule is C[C@@H](/C=C/S(C)(=O)=O)NC(=O)c1cnc(C2CCCC2)nc1Oc1cc(F)cc(Cl)c1. The van der Waals surface area contributed by atoms with Crippen LogP contribution in [0.5, 0.6) is 11.6 Å². The van der Waals surface area contributed by atoms with Gasteiger partial charge >= 0.3 is 0 Å². The predicted octanol–water partition coefficient (Wildman–Crippen LogP) is 4.40. The van der Waals surface area contributed by atoms with Gasteiger partial charge in [-0.2, -0.15) is 4.98 Å². The fourth-order valence-electron chi connectivity index (χ4n) is 3.29. The Morgan fingerprint density at radius 1 is 1.32 bits per heavy atom. The molecule has 0 unspecified atom stereocenters. The van der Waals surface area contributed by atoms with Crippen LogP contribution < -0.4 is 10.1 Å². The third-order valence-electron chi connectivity index (χ3n) is 4.76. The van der Waals surface area contributed by atoms with E-state index in [9.17, 15) is 17.6 Å². The van der Waals surface area contributed by atoms with Crippen LogP contribution in [-0.4, -0.2) is 36.6 Å². The highest BCUT2D eigenvalue weighted by Crippen LogP contribution is 2.34. The number of benzene rings is 1. The van der Waals surface area contributed by atoms with Crippen molar-refractivity contribution in [1.82, 2.24) is 15.3 Å². The highest BCUT2D eigenvalue weighted by Gasteiger charge is 2.24. The molecular formula is C21H23ClFN3O4S. The lowest BCUT2D eigenvalue weighted by Crippen LogP contribution is -2.31. The Labute approximate surface area is 185 Å².